The fourth-order valence-electron chi connectivity index (χ4n) is 2.05. The summed E-state index contributed by atoms with van der Waals surface area (Å²) in [5, 5.41) is 19.5. The number of rotatable bonds is 2. The molecule has 3 rings (SSSR count). The zero-order valence-corrected chi connectivity index (χ0v) is 9.54. The molecule has 0 atom stereocenters. The molecule has 0 bridgehead atoms. The van der Waals surface area contributed by atoms with Gasteiger partial charge in [-0.05, 0) is 23.3 Å². The monoisotopic (exact) mass is 238 g/mol. The second-order valence-corrected chi connectivity index (χ2v) is 4.07. The van der Waals surface area contributed by atoms with Gasteiger partial charge in [0.1, 0.15) is 5.65 Å². The Bertz CT molecular complexity index is 680. The van der Waals surface area contributed by atoms with Gasteiger partial charge in [0, 0.05) is 11.6 Å². The normalized spacial score (nSPS) is 10.8. The highest BCUT2D eigenvalue weighted by Gasteiger charge is 2.17. The van der Waals surface area contributed by atoms with E-state index in [-0.39, 0.29) is 5.59 Å². The van der Waals surface area contributed by atoms with Crippen molar-refractivity contribution < 1.29 is 10.0 Å². The number of fused-ring (bicyclic) bond motifs is 1. The molecule has 0 amide bonds. The van der Waals surface area contributed by atoms with E-state index in [1.54, 1.807) is 12.3 Å². The molecule has 3 aromatic rings. The lowest BCUT2D eigenvalue weighted by atomic mass is 9.83. The predicted octanol–water partition coefficient (Wildman–Crippen LogP) is 0.910. The van der Waals surface area contributed by atoms with E-state index >= 15 is 0 Å². The number of aromatic nitrogens is 2. The Labute approximate surface area is 104 Å². The second kappa shape index (κ2) is 4.29. The number of nitrogens with zero attached hydrogens (tertiary/aromatic N) is 1. The first kappa shape index (κ1) is 11.0. The molecule has 4 nitrogen and oxygen atoms in total. The minimum absolute atomic E-state index is 0.240. The summed E-state index contributed by atoms with van der Waals surface area (Å²) in [5.74, 6) is 0. The molecule has 18 heavy (non-hydrogen) atoms. The predicted molar refractivity (Wildman–Crippen MR) is 71.4 cm³/mol. The van der Waals surface area contributed by atoms with Crippen molar-refractivity contribution in [2.75, 3.05) is 0 Å². The van der Waals surface area contributed by atoms with Crippen molar-refractivity contribution in [3.63, 3.8) is 0 Å². The smallest absolute Gasteiger partial charge is 0.422 e. The molecule has 0 aliphatic rings. The maximum absolute atomic E-state index is 9.27. The van der Waals surface area contributed by atoms with Crippen LogP contribution < -0.4 is 5.59 Å². The largest absolute Gasteiger partial charge is 0.508 e. The van der Waals surface area contributed by atoms with E-state index in [0.717, 1.165) is 16.5 Å². The van der Waals surface area contributed by atoms with Gasteiger partial charge in [-0.15, -0.1) is 0 Å². The van der Waals surface area contributed by atoms with Gasteiger partial charge < -0.3 is 15.0 Å². The van der Waals surface area contributed by atoms with E-state index in [9.17, 15) is 10.0 Å². The summed E-state index contributed by atoms with van der Waals surface area (Å²) in [6, 6.07) is 13.4. The Hall–Kier alpha value is -2.11. The number of hydrogen-bond donors (Lipinski definition) is 3. The van der Waals surface area contributed by atoms with Gasteiger partial charge in [0.15, 0.2) is 0 Å². The zero-order valence-electron chi connectivity index (χ0n) is 9.54. The highest BCUT2D eigenvalue weighted by molar-refractivity contribution is 6.57. The molecule has 0 radical (unpaired) electrons. The first-order valence-corrected chi connectivity index (χ1v) is 5.65. The maximum Gasteiger partial charge on any atom is 0.508 e. The van der Waals surface area contributed by atoms with Crippen LogP contribution in [-0.2, 0) is 0 Å². The molecule has 2 heterocycles. The van der Waals surface area contributed by atoms with Crippen molar-refractivity contribution in [3.8, 4) is 11.1 Å². The van der Waals surface area contributed by atoms with Crippen molar-refractivity contribution in [2.45, 2.75) is 0 Å². The SMILES string of the molecule is OB(O)c1cc(-c2ccccc2)c2cc[nH]c2n1. The van der Waals surface area contributed by atoms with Gasteiger partial charge in [-0.25, -0.2) is 4.98 Å². The highest BCUT2D eigenvalue weighted by atomic mass is 16.4. The van der Waals surface area contributed by atoms with Crippen LogP contribution in [0.15, 0.2) is 48.7 Å². The number of benzene rings is 1. The van der Waals surface area contributed by atoms with Crippen LogP contribution in [0, 0.1) is 0 Å². The highest BCUT2D eigenvalue weighted by Crippen LogP contribution is 2.25. The zero-order chi connectivity index (χ0) is 12.5. The summed E-state index contributed by atoms with van der Waals surface area (Å²) in [6.07, 6.45) is 1.79. The van der Waals surface area contributed by atoms with Crippen LogP contribution in [0.3, 0.4) is 0 Å². The molecule has 88 valence electrons. The summed E-state index contributed by atoms with van der Waals surface area (Å²) in [6.45, 7) is 0. The number of pyridine rings is 1. The standard InChI is InChI=1S/C13H11BN2O2/c17-14(18)12-8-11(9-4-2-1-3-5-9)10-6-7-15-13(10)16-12/h1-8,17-18H,(H,15,16). The van der Waals surface area contributed by atoms with E-state index in [1.807, 2.05) is 36.4 Å². The topological polar surface area (TPSA) is 69.1 Å². The lowest BCUT2D eigenvalue weighted by molar-refractivity contribution is 0.424. The molecule has 0 spiro atoms. The van der Waals surface area contributed by atoms with Crippen molar-refractivity contribution in [1.82, 2.24) is 9.97 Å². The van der Waals surface area contributed by atoms with Crippen LogP contribution in [0.2, 0.25) is 0 Å². The average Bonchev–Trinajstić information content (AvgIpc) is 2.86. The number of H-pyrrole nitrogens is 1. The van der Waals surface area contributed by atoms with Crippen molar-refractivity contribution in [1.29, 1.82) is 0 Å². The van der Waals surface area contributed by atoms with Gasteiger partial charge in [0.05, 0.1) is 5.59 Å². The summed E-state index contributed by atoms with van der Waals surface area (Å²) in [4.78, 5) is 7.16. The van der Waals surface area contributed by atoms with Gasteiger partial charge in [-0.3, -0.25) is 0 Å². The lowest BCUT2D eigenvalue weighted by Gasteiger charge is -2.06. The number of hydrogen-bond acceptors (Lipinski definition) is 3. The van der Waals surface area contributed by atoms with Gasteiger partial charge in [-0.1, -0.05) is 30.3 Å². The third-order valence-corrected chi connectivity index (χ3v) is 2.90. The number of aromatic amines is 1. The van der Waals surface area contributed by atoms with Crippen molar-refractivity contribution >= 4 is 23.7 Å². The quantitative estimate of drug-likeness (QED) is 0.581. The minimum atomic E-state index is -1.57. The second-order valence-electron chi connectivity index (χ2n) is 4.07. The van der Waals surface area contributed by atoms with Crippen LogP contribution in [-0.4, -0.2) is 27.1 Å². The molecule has 0 aliphatic carbocycles. The fourth-order valence-corrected chi connectivity index (χ4v) is 2.05. The van der Waals surface area contributed by atoms with Gasteiger partial charge in [0.25, 0.3) is 0 Å². The summed E-state index contributed by atoms with van der Waals surface area (Å²) in [5.41, 5.74) is 2.85. The molecule has 5 heteroatoms. The molecule has 1 aromatic carbocycles. The fraction of sp³-hybridized carbons (Fsp3) is 0. The molecular formula is C13H11BN2O2. The molecular weight excluding hydrogens is 227 g/mol. The summed E-state index contributed by atoms with van der Waals surface area (Å²) >= 11 is 0. The average molecular weight is 238 g/mol. The molecule has 0 unspecified atom stereocenters. The third-order valence-electron chi connectivity index (χ3n) is 2.90. The maximum atomic E-state index is 9.27. The van der Waals surface area contributed by atoms with Gasteiger partial charge in [-0.2, -0.15) is 0 Å². The molecule has 0 saturated heterocycles. The Morgan fingerprint density at radius 2 is 1.83 bits per heavy atom. The molecule has 0 fully saturated rings. The third kappa shape index (κ3) is 1.79. The molecule has 2 aromatic heterocycles. The Balaban J connectivity index is 2.29. The van der Waals surface area contributed by atoms with E-state index in [4.69, 9.17) is 0 Å². The summed E-state index contributed by atoms with van der Waals surface area (Å²) < 4.78 is 0. The molecule has 0 aliphatic heterocycles. The number of nitrogens with one attached hydrogen (secondary N) is 1. The lowest BCUT2D eigenvalue weighted by Crippen LogP contribution is -2.32. The van der Waals surface area contributed by atoms with E-state index in [0.29, 0.717) is 5.65 Å². The van der Waals surface area contributed by atoms with Crippen LogP contribution in [0.1, 0.15) is 0 Å². The molecule has 3 N–H and O–H groups in total. The first-order valence-electron chi connectivity index (χ1n) is 5.65. The van der Waals surface area contributed by atoms with Gasteiger partial charge in [0.2, 0.25) is 0 Å². The van der Waals surface area contributed by atoms with E-state index < -0.39 is 7.12 Å². The Morgan fingerprint density at radius 1 is 1.06 bits per heavy atom. The Kier molecular flexibility index (Phi) is 2.62. The first-order chi connectivity index (χ1) is 8.75. The van der Waals surface area contributed by atoms with E-state index in [2.05, 4.69) is 9.97 Å². The minimum Gasteiger partial charge on any atom is -0.422 e. The molecule has 0 saturated carbocycles. The Morgan fingerprint density at radius 3 is 2.56 bits per heavy atom. The van der Waals surface area contributed by atoms with Gasteiger partial charge >= 0.3 is 7.12 Å². The summed E-state index contributed by atoms with van der Waals surface area (Å²) in [7, 11) is -1.57. The van der Waals surface area contributed by atoms with Crippen molar-refractivity contribution in [2.24, 2.45) is 0 Å². The van der Waals surface area contributed by atoms with Crippen molar-refractivity contribution in [3.05, 3.63) is 48.7 Å². The van der Waals surface area contributed by atoms with Crippen LogP contribution >= 0.6 is 0 Å². The van der Waals surface area contributed by atoms with Crippen LogP contribution in [0.5, 0.6) is 0 Å². The van der Waals surface area contributed by atoms with Crippen LogP contribution in [0.4, 0.5) is 0 Å². The van der Waals surface area contributed by atoms with Crippen LogP contribution in [0.25, 0.3) is 22.2 Å². The van der Waals surface area contributed by atoms with E-state index in [1.165, 1.54) is 0 Å².